The molecule has 0 unspecified atom stereocenters. The van der Waals surface area contributed by atoms with E-state index in [0.717, 1.165) is 6.42 Å². The van der Waals surface area contributed by atoms with Crippen molar-refractivity contribution in [2.24, 2.45) is 0 Å². The van der Waals surface area contributed by atoms with Gasteiger partial charge in [0.1, 0.15) is 3.41 Å². The Morgan fingerprint density at radius 3 is 1.78 bits per heavy atom. The molecule has 1 heterocycles. The third-order valence-electron chi connectivity index (χ3n) is 3.94. The van der Waals surface area contributed by atoms with Crippen molar-refractivity contribution in [2.45, 2.75) is 33.5 Å². The highest BCUT2D eigenvalue weighted by atomic mass is 32.3. The zero-order chi connectivity index (χ0) is 16.3. The van der Waals surface area contributed by atoms with Gasteiger partial charge >= 0.3 is 0 Å². The van der Waals surface area contributed by atoms with E-state index in [2.05, 4.69) is 38.1 Å². The molecule has 0 bridgehead atoms. The largest absolute Gasteiger partial charge is 0.257 e. The van der Waals surface area contributed by atoms with Crippen LogP contribution in [0.1, 0.15) is 20.3 Å². The molecule has 1 aliphatic heterocycles. The van der Waals surface area contributed by atoms with Crippen LogP contribution < -0.4 is 0 Å². The van der Waals surface area contributed by atoms with Crippen LogP contribution in [-0.2, 0) is 10.8 Å². The minimum atomic E-state index is -0.920. The van der Waals surface area contributed by atoms with Crippen molar-refractivity contribution < 1.29 is 4.21 Å². The summed E-state index contributed by atoms with van der Waals surface area (Å²) in [6.07, 6.45) is 0.852. The smallest absolute Gasteiger partial charge is 0.149 e. The lowest BCUT2D eigenvalue weighted by Gasteiger charge is -2.36. The number of hydrogen-bond acceptors (Lipinski definition) is 3. The molecule has 2 aromatic rings. The van der Waals surface area contributed by atoms with E-state index in [0.29, 0.717) is 5.75 Å². The molecule has 4 heteroatoms. The van der Waals surface area contributed by atoms with Gasteiger partial charge in [-0.2, -0.15) is 0 Å². The van der Waals surface area contributed by atoms with Crippen molar-refractivity contribution in [3.63, 3.8) is 0 Å². The summed E-state index contributed by atoms with van der Waals surface area (Å²) in [6.45, 7) is 4.29. The highest BCUT2D eigenvalue weighted by Gasteiger charge is 2.42. The van der Waals surface area contributed by atoms with Gasteiger partial charge in [0.15, 0.2) is 0 Å². The highest BCUT2D eigenvalue weighted by molar-refractivity contribution is 8.30. The molecular weight excluding hydrogens is 340 g/mol. The van der Waals surface area contributed by atoms with Crippen LogP contribution in [0.15, 0.2) is 81.6 Å². The molecule has 23 heavy (non-hydrogen) atoms. The van der Waals surface area contributed by atoms with Crippen molar-refractivity contribution in [3.8, 4) is 0 Å². The number of hydrogen-bond donors (Lipinski definition) is 0. The standard InChI is InChI=1S/C19H20OS3/c1-15-13-19(23(20)14-16(15)2,21-17-9-5-3-6-10-17)22-18-11-7-4-8-12-18/h3-12H,13-14H2,1-2H3/t23-/m0/s1. The molecule has 0 radical (unpaired) electrons. The first-order valence-corrected chi connectivity index (χ1v) is 10.6. The summed E-state index contributed by atoms with van der Waals surface area (Å²) in [4.78, 5) is 2.35. The third kappa shape index (κ3) is 3.93. The summed E-state index contributed by atoms with van der Waals surface area (Å²) in [5.74, 6) is 0.672. The van der Waals surface area contributed by atoms with Crippen LogP contribution in [0.2, 0.25) is 0 Å². The lowest BCUT2D eigenvalue weighted by Crippen LogP contribution is -2.33. The van der Waals surface area contributed by atoms with Gasteiger partial charge in [-0.25, -0.2) is 0 Å². The van der Waals surface area contributed by atoms with Crippen molar-refractivity contribution in [2.75, 3.05) is 5.75 Å². The van der Waals surface area contributed by atoms with Gasteiger partial charge in [0, 0.05) is 22.0 Å². The second-order valence-corrected chi connectivity index (χ2v) is 10.9. The molecular formula is C19H20OS3. The van der Waals surface area contributed by atoms with Crippen LogP contribution in [0.4, 0.5) is 0 Å². The van der Waals surface area contributed by atoms with E-state index in [9.17, 15) is 4.21 Å². The molecule has 0 saturated carbocycles. The van der Waals surface area contributed by atoms with Gasteiger partial charge in [-0.1, -0.05) is 71.1 Å². The maximum Gasteiger partial charge on any atom is 0.149 e. The summed E-state index contributed by atoms with van der Waals surface area (Å²) in [7, 11) is -0.920. The molecule has 1 atom stereocenters. The number of rotatable bonds is 4. The zero-order valence-electron chi connectivity index (χ0n) is 13.3. The number of benzene rings is 2. The molecule has 0 aromatic heterocycles. The fraction of sp³-hybridized carbons (Fsp3) is 0.263. The molecule has 3 rings (SSSR count). The fourth-order valence-electron chi connectivity index (χ4n) is 2.51. The number of allylic oxidation sites excluding steroid dienone is 1. The minimum Gasteiger partial charge on any atom is -0.257 e. The van der Waals surface area contributed by atoms with Gasteiger partial charge in [-0.05, 0) is 38.1 Å². The van der Waals surface area contributed by atoms with E-state index in [1.54, 1.807) is 23.5 Å². The predicted octanol–water partition coefficient (Wildman–Crippen LogP) is 5.71. The second-order valence-electron chi connectivity index (χ2n) is 5.74. The molecule has 1 nitrogen and oxygen atoms in total. The molecule has 2 aromatic carbocycles. The summed E-state index contributed by atoms with van der Waals surface area (Å²) < 4.78 is 12.8. The van der Waals surface area contributed by atoms with Crippen LogP contribution in [0.25, 0.3) is 0 Å². The van der Waals surface area contributed by atoms with Crippen LogP contribution >= 0.6 is 23.5 Å². The van der Waals surface area contributed by atoms with Gasteiger partial charge < -0.3 is 0 Å². The maximum atomic E-state index is 13.1. The lowest BCUT2D eigenvalue weighted by atomic mass is 10.1. The van der Waals surface area contributed by atoms with Crippen molar-refractivity contribution in [1.82, 2.24) is 0 Å². The second kappa shape index (κ2) is 7.29. The van der Waals surface area contributed by atoms with E-state index in [1.165, 1.54) is 20.9 Å². The van der Waals surface area contributed by atoms with Crippen LogP contribution in [0.5, 0.6) is 0 Å². The Balaban J connectivity index is 1.98. The summed E-state index contributed by atoms with van der Waals surface area (Å²) in [5, 5.41) is 0. The van der Waals surface area contributed by atoms with Crippen LogP contribution in [-0.4, -0.2) is 13.4 Å². The highest BCUT2D eigenvalue weighted by Crippen LogP contribution is 2.53. The molecule has 0 fully saturated rings. The quantitative estimate of drug-likeness (QED) is 0.513. The molecule has 0 saturated heterocycles. The summed E-state index contributed by atoms with van der Waals surface area (Å²) >= 11 is 3.50. The van der Waals surface area contributed by atoms with Gasteiger partial charge in [0.25, 0.3) is 0 Å². The van der Waals surface area contributed by atoms with Crippen LogP contribution in [0, 0.1) is 0 Å². The van der Waals surface area contributed by atoms with Crippen molar-refractivity contribution in [1.29, 1.82) is 0 Å². The Hall–Kier alpha value is -0.970. The van der Waals surface area contributed by atoms with E-state index < -0.39 is 10.8 Å². The molecule has 0 aliphatic carbocycles. The van der Waals surface area contributed by atoms with E-state index in [-0.39, 0.29) is 3.41 Å². The fourth-order valence-corrected chi connectivity index (χ4v) is 8.05. The first-order valence-electron chi connectivity index (χ1n) is 7.61. The summed E-state index contributed by atoms with van der Waals surface area (Å²) in [6, 6.07) is 20.6. The van der Waals surface area contributed by atoms with Crippen molar-refractivity contribution in [3.05, 3.63) is 71.8 Å². The Morgan fingerprint density at radius 1 is 0.826 bits per heavy atom. The maximum absolute atomic E-state index is 13.1. The first-order chi connectivity index (χ1) is 11.1. The molecule has 120 valence electrons. The summed E-state index contributed by atoms with van der Waals surface area (Å²) in [5.41, 5.74) is 2.65. The Labute approximate surface area is 149 Å². The van der Waals surface area contributed by atoms with E-state index in [4.69, 9.17) is 0 Å². The average Bonchev–Trinajstić information content (AvgIpc) is 2.55. The van der Waals surface area contributed by atoms with Crippen LogP contribution in [0.3, 0.4) is 0 Å². The third-order valence-corrected chi connectivity index (χ3v) is 9.51. The molecule has 0 amide bonds. The lowest BCUT2D eigenvalue weighted by molar-refractivity contribution is 0.675. The van der Waals surface area contributed by atoms with Crippen molar-refractivity contribution >= 4 is 34.3 Å². The topological polar surface area (TPSA) is 17.1 Å². The van der Waals surface area contributed by atoms with E-state index >= 15 is 0 Å². The minimum absolute atomic E-state index is 0.355. The molecule has 0 N–H and O–H groups in total. The molecule has 1 aliphatic rings. The average molecular weight is 361 g/mol. The van der Waals surface area contributed by atoms with Gasteiger partial charge in [0.05, 0.1) is 10.8 Å². The molecule has 0 spiro atoms. The van der Waals surface area contributed by atoms with E-state index in [1.807, 2.05) is 36.4 Å². The SMILES string of the molecule is CC1=C(C)CC(Sc2ccccc2)(Sc2ccccc2)[S@@](=O)C1. The normalized spacial score (nSPS) is 20.5. The predicted molar refractivity (Wildman–Crippen MR) is 103 cm³/mol. The zero-order valence-corrected chi connectivity index (χ0v) is 15.8. The monoisotopic (exact) mass is 360 g/mol. The number of thioether (sulfide) groups is 2. The first kappa shape index (κ1) is 16.9. The Morgan fingerprint density at radius 2 is 1.30 bits per heavy atom. The van der Waals surface area contributed by atoms with Gasteiger partial charge in [-0.3, -0.25) is 4.21 Å². The Kier molecular flexibility index (Phi) is 5.34. The Bertz CT molecular complexity index is 681. The van der Waals surface area contributed by atoms with Gasteiger partial charge in [-0.15, -0.1) is 0 Å². The van der Waals surface area contributed by atoms with Gasteiger partial charge in [0.2, 0.25) is 0 Å².